The molecule has 1 aromatic heterocycles. The van der Waals surface area contributed by atoms with Crippen LogP contribution < -0.4 is 10.5 Å². The molecule has 0 aliphatic heterocycles. The molecule has 3 nitrogen and oxygen atoms in total. The van der Waals surface area contributed by atoms with E-state index in [9.17, 15) is 0 Å². The maximum absolute atomic E-state index is 5.95. The summed E-state index contributed by atoms with van der Waals surface area (Å²) in [5.41, 5.74) is 7.84. The van der Waals surface area contributed by atoms with Gasteiger partial charge in [0, 0.05) is 16.3 Å². The van der Waals surface area contributed by atoms with E-state index < -0.39 is 0 Å². The summed E-state index contributed by atoms with van der Waals surface area (Å²) in [4.78, 5) is 4.43. The average molecular weight is 301 g/mol. The van der Waals surface area contributed by atoms with Crippen molar-refractivity contribution in [2.45, 2.75) is 13.3 Å². The number of hydrogen-bond acceptors (Lipinski definition) is 3. The van der Waals surface area contributed by atoms with Gasteiger partial charge in [-0.15, -0.1) is 0 Å². The number of hydrogen-bond donors (Lipinski definition) is 1. The van der Waals surface area contributed by atoms with Gasteiger partial charge in [0.1, 0.15) is 0 Å². The van der Waals surface area contributed by atoms with E-state index in [1.165, 1.54) is 0 Å². The van der Waals surface area contributed by atoms with Crippen LogP contribution in [0, 0.1) is 18.8 Å². The summed E-state index contributed by atoms with van der Waals surface area (Å²) in [6.45, 7) is 3.09. The molecule has 2 N–H and O–H groups in total. The van der Waals surface area contributed by atoms with E-state index in [1.807, 2.05) is 43.3 Å². The van der Waals surface area contributed by atoms with Crippen molar-refractivity contribution < 1.29 is 4.74 Å². The van der Waals surface area contributed by atoms with Gasteiger partial charge in [-0.3, -0.25) is 0 Å². The summed E-state index contributed by atoms with van der Waals surface area (Å²) in [7, 11) is 0. The molecule has 0 atom stereocenters. The molecule has 0 radical (unpaired) electrons. The molecule has 0 aliphatic rings. The Hall–Kier alpha value is -2.02. The lowest BCUT2D eigenvalue weighted by molar-refractivity contribution is 0.311. The molecule has 4 heteroatoms. The molecule has 1 aromatic carbocycles. The van der Waals surface area contributed by atoms with Crippen LogP contribution in [0.25, 0.3) is 0 Å². The Labute approximate surface area is 130 Å². The van der Waals surface area contributed by atoms with Crippen LogP contribution in [0.4, 0.5) is 0 Å². The number of aromatic nitrogens is 1. The highest BCUT2D eigenvalue weighted by molar-refractivity contribution is 6.30. The van der Waals surface area contributed by atoms with Crippen molar-refractivity contribution in [3.8, 4) is 17.6 Å². The van der Waals surface area contributed by atoms with E-state index in [4.69, 9.17) is 22.1 Å². The van der Waals surface area contributed by atoms with Crippen molar-refractivity contribution in [3.63, 3.8) is 0 Å². The van der Waals surface area contributed by atoms with Crippen LogP contribution in [-0.2, 0) is 0 Å². The minimum atomic E-state index is 0.563. The van der Waals surface area contributed by atoms with Gasteiger partial charge < -0.3 is 10.5 Å². The minimum Gasteiger partial charge on any atom is -0.491 e. The lowest BCUT2D eigenvalue weighted by atomic mass is 10.2. The van der Waals surface area contributed by atoms with E-state index in [-0.39, 0.29) is 0 Å². The molecule has 1 heterocycles. The van der Waals surface area contributed by atoms with Gasteiger partial charge in [0.05, 0.1) is 6.61 Å². The monoisotopic (exact) mass is 300 g/mol. The summed E-state index contributed by atoms with van der Waals surface area (Å²) in [5, 5.41) is 0.665. The molecule has 0 bridgehead atoms. The minimum absolute atomic E-state index is 0.563. The van der Waals surface area contributed by atoms with Crippen LogP contribution in [0.15, 0.2) is 36.4 Å². The molecule has 0 unspecified atom stereocenters. The zero-order valence-corrected chi connectivity index (χ0v) is 12.7. The van der Waals surface area contributed by atoms with E-state index in [1.54, 1.807) is 0 Å². The zero-order chi connectivity index (χ0) is 15.1. The number of rotatable bonds is 4. The van der Waals surface area contributed by atoms with E-state index in [0.29, 0.717) is 29.6 Å². The molecule has 21 heavy (non-hydrogen) atoms. The van der Waals surface area contributed by atoms with Crippen molar-refractivity contribution in [3.05, 3.63) is 58.4 Å². The number of halogens is 1. The molecular formula is C17H17ClN2O. The van der Waals surface area contributed by atoms with Crippen LogP contribution in [0.5, 0.6) is 5.75 Å². The second-order valence-corrected chi connectivity index (χ2v) is 4.99. The Balaban J connectivity index is 2.24. The Morgan fingerprint density at radius 2 is 2.10 bits per heavy atom. The zero-order valence-electron chi connectivity index (χ0n) is 11.9. The largest absolute Gasteiger partial charge is 0.491 e. The van der Waals surface area contributed by atoms with Crippen LogP contribution in [0.3, 0.4) is 0 Å². The van der Waals surface area contributed by atoms with Crippen molar-refractivity contribution >= 4 is 11.6 Å². The summed E-state index contributed by atoms with van der Waals surface area (Å²) in [6, 6.07) is 11.2. The van der Waals surface area contributed by atoms with Crippen LogP contribution >= 0.6 is 11.6 Å². The molecule has 0 saturated carbocycles. The van der Waals surface area contributed by atoms with Crippen molar-refractivity contribution in [2.24, 2.45) is 5.73 Å². The first-order valence-corrected chi connectivity index (χ1v) is 7.15. The first-order valence-electron chi connectivity index (χ1n) is 6.77. The third kappa shape index (κ3) is 4.78. The summed E-state index contributed by atoms with van der Waals surface area (Å²) in [5.74, 6) is 6.79. The lowest BCUT2D eigenvalue weighted by Crippen LogP contribution is -2.07. The first-order chi connectivity index (χ1) is 10.2. The molecule has 2 rings (SSSR count). The number of ether oxygens (including phenoxy) is 1. The van der Waals surface area contributed by atoms with Gasteiger partial charge in [0.25, 0.3) is 0 Å². The standard InChI is InChI=1S/C17H17ClN2O/c1-13-6-9-17(21-11-3-10-19)16(20-13)8-7-14-4-2-5-15(18)12-14/h2,4-6,9,12H,3,10-11,19H2,1H3. The number of benzene rings is 1. The van der Waals surface area contributed by atoms with Crippen molar-refractivity contribution in [1.29, 1.82) is 0 Å². The molecule has 108 valence electrons. The quantitative estimate of drug-likeness (QED) is 0.697. The fourth-order valence-electron chi connectivity index (χ4n) is 1.71. The fraction of sp³-hybridized carbons (Fsp3) is 0.235. The van der Waals surface area contributed by atoms with Gasteiger partial charge in [0.15, 0.2) is 11.4 Å². The van der Waals surface area contributed by atoms with Gasteiger partial charge >= 0.3 is 0 Å². The van der Waals surface area contributed by atoms with Crippen LogP contribution in [-0.4, -0.2) is 18.1 Å². The maximum atomic E-state index is 5.95. The normalized spacial score (nSPS) is 9.86. The average Bonchev–Trinajstić information content (AvgIpc) is 2.47. The number of nitrogens with zero attached hydrogens (tertiary/aromatic N) is 1. The van der Waals surface area contributed by atoms with E-state index in [2.05, 4.69) is 16.8 Å². The Bertz CT molecular complexity index is 674. The molecule has 0 spiro atoms. The summed E-state index contributed by atoms with van der Waals surface area (Å²) < 4.78 is 5.67. The van der Waals surface area contributed by atoms with E-state index >= 15 is 0 Å². The Morgan fingerprint density at radius 3 is 2.86 bits per heavy atom. The predicted molar refractivity (Wildman–Crippen MR) is 85.6 cm³/mol. The van der Waals surface area contributed by atoms with E-state index in [0.717, 1.165) is 17.7 Å². The SMILES string of the molecule is Cc1ccc(OCCCN)c(C#Cc2cccc(Cl)c2)n1. The van der Waals surface area contributed by atoms with Crippen LogP contribution in [0.2, 0.25) is 5.02 Å². The molecular weight excluding hydrogens is 284 g/mol. The van der Waals surface area contributed by atoms with Crippen molar-refractivity contribution in [2.75, 3.05) is 13.2 Å². The highest BCUT2D eigenvalue weighted by Gasteiger charge is 2.03. The molecule has 0 amide bonds. The number of nitrogens with two attached hydrogens (primary N) is 1. The lowest BCUT2D eigenvalue weighted by Gasteiger charge is -2.07. The number of aryl methyl sites for hydroxylation is 1. The molecule has 0 fully saturated rings. The van der Waals surface area contributed by atoms with Gasteiger partial charge in [-0.25, -0.2) is 4.98 Å². The summed E-state index contributed by atoms with van der Waals surface area (Å²) >= 11 is 5.95. The van der Waals surface area contributed by atoms with Gasteiger partial charge in [0.2, 0.25) is 0 Å². The second kappa shape index (κ2) is 7.68. The van der Waals surface area contributed by atoms with Crippen molar-refractivity contribution in [1.82, 2.24) is 4.98 Å². The second-order valence-electron chi connectivity index (χ2n) is 4.55. The third-order valence-electron chi connectivity index (χ3n) is 2.75. The topological polar surface area (TPSA) is 48.1 Å². The highest BCUT2D eigenvalue weighted by Crippen LogP contribution is 2.16. The van der Waals surface area contributed by atoms with Gasteiger partial charge in [-0.05, 0) is 56.1 Å². The third-order valence-corrected chi connectivity index (χ3v) is 2.99. The molecule has 0 aliphatic carbocycles. The Kier molecular flexibility index (Phi) is 5.62. The Morgan fingerprint density at radius 1 is 1.24 bits per heavy atom. The maximum Gasteiger partial charge on any atom is 0.155 e. The molecule has 0 saturated heterocycles. The molecule has 2 aromatic rings. The fourth-order valence-corrected chi connectivity index (χ4v) is 1.90. The highest BCUT2D eigenvalue weighted by atomic mass is 35.5. The van der Waals surface area contributed by atoms with Gasteiger partial charge in [-0.1, -0.05) is 23.6 Å². The number of pyridine rings is 1. The predicted octanol–water partition coefficient (Wildman–Crippen LogP) is 3.17. The van der Waals surface area contributed by atoms with Crippen LogP contribution in [0.1, 0.15) is 23.4 Å². The van der Waals surface area contributed by atoms with Gasteiger partial charge in [-0.2, -0.15) is 0 Å². The summed E-state index contributed by atoms with van der Waals surface area (Å²) in [6.07, 6.45) is 0.801. The first kappa shape index (κ1) is 15.4. The smallest absolute Gasteiger partial charge is 0.155 e.